The van der Waals surface area contributed by atoms with Gasteiger partial charge < -0.3 is 10.0 Å². The third-order valence-corrected chi connectivity index (χ3v) is 5.56. The molecule has 2 unspecified atom stereocenters. The highest BCUT2D eigenvalue weighted by molar-refractivity contribution is 9.12. The van der Waals surface area contributed by atoms with Crippen LogP contribution in [0.3, 0.4) is 0 Å². The monoisotopic (exact) mass is 381 g/mol. The van der Waals surface area contributed by atoms with Gasteiger partial charge in [-0.2, -0.15) is 0 Å². The van der Waals surface area contributed by atoms with E-state index in [2.05, 4.69) is 38.8 Å². The smallest absolute Gasteiger partial charge is 0.256 e. The highest BCUT2D eigenvalue weighted by Gasteiger charge is 2.35. The molecule has 1 aliphatic rings. The molecule has 3 nitrogen and oxygen atoms in total. The molecule has 0 aromatic carbocycles. The van der Waals surface area contributed by atoms with E-state index in [0.717, 1.165) is 20.5 Å². The minimum Gasteiger partial charge on any atom is -0.394 e. The van der Waals surface area contributed by atoms with Gasteiger partial charge in [0.2, 0.25) is 0 Å². The van der Waals surface area contributed by atoms with Crippen LogP contribution >= 0.6 is 43.2 Å². The first-order valence-electron chi connectivity index (χ1n) is 5.41. The van der Waals surface area contributed by atoms with E-state index in [9.17, 15) is 9.90 Å². The van der Waals surface area contributed by atoms with E-state index in [1.54, 1.807) is 4.90 Å². The molecule has 0 radical (unpaired) electrons. The van der Waals surface area contributed by atoms with Crippen molar-refractivity contribution in [3.63, 3.8) is 0 Å². The number of rotatable bonds is 2. The minimum absolute atomic E-state index is 0.00206. The number of carbonyl (C=O) groups excluding carboxylic acids is 1. The molecule has 1 fully saturated rings. The summed E-state index contributed by atoms with van der Waals surface area (Å²) in [6.07, 6.45) is 0.958. The van der Waals surface area contributed by atoms with Crippen LogP contribution < -0.4 is 0 Å². The molecule has 1 saturated heterocycles. The first kappa shape index (κ1) is 13.5. The van der Waals surface area contributed by atoms with E-state index in [1.807, 2.05) is 6.07 Å². The van der Waals surface area contributed by atoms with Crippen molar-refractivity contribution in [2.24, 2.45) is 5.92 Å². The van der Waals surface area contributed by atoms with E-state index >= 15 is 0 Å². The van der Waals surface area contributed by atoms with Gasteiger partial charge >= 0.3 is 0 Å². The molecule has 0 bridgehead atoms. The summed E-state index contributed by atoms with van der Waals surface area (Å²) in [7, 11) is 0. The summed E-state index contributed by atoms with van der Waals surface area (Å²) in [4.78, 5) is 14.1. The van der Waals surface area contributed by atoms with E-state index in [1.165, 1.54) is 11.3 Å². The SMILES string of the molecule is CC1CCN(C(=O)c2cc(Br)sc2Br)C1CO. The molecule has 0 spiro atoms. The number of hydrogen-bond donors (Lipinski definition) is 1. The van der Waals surface area contributed by atoms with Crippen molar-refractivity contribution < 1.29 is 9.90 Å². The predicted molar refractivity (Wildman–Crippen MR) is 75.4 cm³/mol. The number of nitrogens with zero attached hydrogens (tertiary/aromatic N) is 1. The van der Waals surface area contributed by atoms with Crippen molar-refractivity contribution in [1.29, 1.82) is 0 Å². The van der Waals surface area contributed by atoms with Crippen LogP contribution in [0.15, 0.2) is 13.6 Å². The molecule has 17 heavy (non-hydrogen) atoms. The Morgan fingerprint density at radius 3 is 2.88 bits per heavy atom. The first-order chi connectivity index (χ1) is 8.04. The van der Waals surface area contributed by atoms with Crippen molar-refractivity contribution in [1.82, 2.24) is 4.90 Å². The number of halogens is 2. The zero-order chi connectivity index (χ0) is 12.6. The standard InChI is InChI=1S/C11H13Br2NO2S/c1-6-2-3-14(8(6)5-15)11(16)7-4-9(12)17-10(7)13/h4,6,8,15H,2-3,5H2,1H3. The van der Waals surface area contributed by atoms with Crippen molar-refractivity contribution in [3.05, 3.63) is 19.2 Å². The third kappa shape index (κ3) is 2.59. The van der Waals surface area contributed by atoms with Crippen molar-refractivity contribution in [3.8, 4) is 0 Å². The molecule has 2 atom stereocenters. The summed E-state index contributed by atoms with van der Waals surface area (Å²) in [6, 6.07) is 1.78. The maximum absolute atomic E-state index is 12.4. The Labute approximate surface area is 121 Å². The molecule has 2 rings (SSSR count). The van der Waals surface area contributed by atoms with Gasteiger partial charge in [0, 0.05) is 6.54 Å². The van der Waals surface area contributed by atoms with Gasteiger partial charge in [0.1, 0.15) is 0 Å². The van der Waals surface area contributed by atoms with Gasteiger partial charge in [-0.15, -0.1) is 11.3 Å². The Hall–Kier alpha value is 0.0900. The van der Waals surface area contributed by atoms with Crippen LogP contribution in [0.5, 0.6) is 0 Å². The van der Waals surface area contributed by atoms with E-state index in [4.69, 9.17) is 0 Å². The fourth-order valence-corrected chi connectivity index (χ4v) is 4.96. The summed E-state index contributed by atoms with van der Waals surface area (Å²) in [5, 5.41) is 9.36. The summed E-state index contributed by atoms with van der Waals surface area (Å²) < 4.78 is 1.77. The molecular formula is C11H13Br2NO2S. The van der Waals surface area contributed by atoms with Gasteiger partial charge in [-0.05, 0) is 50.3 Å². The maximum atomic E-state index is 12.4. The average molecular weight is 383 g/mol. The predicted octanol–water partition coefficient (Wildman–Crippen LogP) is 3.12. The molecule has 1 aromatic rings. The van der Waals surface area contributed by atoms with Crippen LogP contribution in [0.25, 0.3) is 0 Å². The Bertz CT molecular complexity index is 435. The Kier molecular flexibility index (Phi) is 4.28. The van der Waals surface area contributed by atoms with Crippen LogP contribution in [0.2, 0.25) is 0 Å². The lowest BCUT2D eigenvalue weighted by Crippen LogP contribution is -2.39. The maximum Gasteiger partial charge on any atom is 0.256 e. The lowest BCUT2D eigenvalue weighted by Gasteiger charge is -2.25. The van der Waals surface area contributed by atoms with Gasteiger partial charge in [0.15, 0.2) is 0 Å². The topological polar surface area (TPSA) is 40.5 Å². The third-order valence-electron chi connectivity index (χ3n) is 3.22. The fraction of sp³-hybridized carbons (Fsp3) is 0.545. The normalized spacial score (nSPS) is 24.4. The van der Waals surface area contributed by atoms with Crippen LogP contribution in [0.1, 0.15) is 23.7 Å². The molecular weight excluding hydrogens is 370 g/mol. The molecule has 0 aliphatic carbocycles. The van der Waals surface area contributed by atoms with Gasteiger partial charge in [-0.1, -0.05) is 6.92 Å². The number of aliphatic hydroxyl groups is 1. The molecule has 1 aromatic heterocycles. The largest absolute Gasteiger partial charge is 0.394 e. The zero-order valence-electron chi connectivity index (χ0n) is 9.32. The number of hydrogen-bond acceptors (Lipinski definition) is 3. The average Bonchev–Trinajstić information content (AvgIpc) is 2.80. The lowest BCUT2D eigenvalue weighted by molar-refractivity contribution is 0.0648. The van der Waals surface area contributed by atoms with Crippen LogP contribution in [-0.2, 0) is 0 Å². The van der Waals surface area contributed by atoms with Gasteiger partial charge in [0.25, 0.3) is 5.91 Å². The second-order valence-corrected chi connectivity index (χ2v) is 8.00. The van der Waals surface area contributed by atoms with Crippen molar-refractivity contribution >= 4 is 49.1 Å². The summed E-state index contributed by atoms with van der Waals surface area (Å²) >= 11 is 8.26. The Balaban J connectivity index is 2.23. The summed E-state index contributed by atoms with van der Waals surface area (Å²) in [5.74, 6) is 0.368. The van der Waals surface area contributed by atoms with Gasteiger partial charge in [-0.3, -0.25) is 4.79 Å². The summed E-state index contributed by atoms with van der Waals surface area (Å²) in [5.41, 5.74) is 0.675. The highest BCUT2D eigenvalue weighted by atomic mass is 79.9. The second-order valence-electron chi connectivity index (χ2n) is 4.25. The number of aliphatic hydroxyl groups excluding tert-OH is 1. The van der Waals surface area contributed by atoms with Crippen molar-refractivity contribution in [2.45, 2.75) is 19.4 Å². The van der Waals surface area contributed by atoms with E-state index in [0.29, 0.717) is 11.5 Å². The molecule has 1 N–H and O–H groups in total. The number of thiophene rings is 1. The van der Waals surface area contributed by atoms with Crippen LogP contribution in [-0.4, -0.2) is 35.1 Å². The van der Waals surface area contributed by atoms with Crippen LogP contribution in [0, 0.1) is 5.92 Å². The quantitative estimate of drug-likeness (QED) is 0.853. The Morgan fingerprint density at radius 1 is 1.65 bits per heavy atom. The van der Waals surface area contributed by atoms with E-state index < -0.39 is 0 Å². The second kappa shape index (κ2) is 5.38. The minimum atomic E-state index is -0.0481. The van der Waals surface area contributed by atoms with Gasteiger partial charge in [0.05, 0.1) is 25.8 Å². The molecule has 6 heteroatoms. The van der Waals surface area contributed by atoms with Gasteiger partial charge in [-0.25, -0.2) is 0 Å². The molecule has 1 aliphatic heterocycles. The number of amides is 1. The molecule has 0 saturated carbocycles. The van der Waals surface area contributed by atoms with Crippen LogP contribution in [0.4, 0.5) is 0 Å². The molecule has 1 amide bonds. The number of likely N-dealkylation sites (tertiary alicyclic amines) is 1. The fourth-order valence-electron chi connectivity index (χ4n) is 2.18. The highest BCUT2D eigenvalue weighted by Crippen LogP contribution is 2.34. The van der Waals surface area contributed by atoms with E-state index in [-0.39, 0.29) is 18.6 Å². The van der Waals surface area contributed by atoms with Crippen molar-refractivity contribution in [2.75, 3.05) is 13.2 Å². The zero-order valence-corrected chi connectivity index (χ0v) is 13.3. The molecule has 2 heterocycles. The Morgan fingerprint density at radius 2 is 2.35 bits per heavy atom. The summed E-state index contributed by atoms with van der Waals surface area (Å²) in [6.45, 7) is 2.84. The number of carbonyl (C=O) groups is 1. The lowest BCUT2D eigenvalue weighted by atomic mass is 10.0. The molecule has 94 valence electrons. The first-order valence-corrected chi connectivity index (χ1v) is 7.81.